The van der Waals surface area contributed by atoms with Gasteiger partial charge in [-0.25, -0.2) is 0 Å². The number of methoxy groups -OCH3 is 1. The van der Waals surface area contributed by atoms with Crippen molar-refractivity contribution in [3.8, 4) is 0 Å². The van der Waals surface area contributed by atoms with Crippen LogP contribution in [0.5, 0.6) is 0 Å². The Hall–Kier alpha value is -0.940. The average molecular weight is 227 g/mol. The molecule has 16 heavy (non-hydrogen) atoms. The largest absolute Gasteiger partial charge is 0.373 e. The van der Waals surface area contributed by atoms with Gasteiger partial charge in [0, 0.05) is 7.11 Å². The summed E-state index contributed by atoms with van der Waals surface area (Å²) in [6.07, 6.45) is 1.69. The Morgan fingerprint density at radius 1 is 1.38 bits per heavy atom. The Kier molecular flexibility index (Phi) is 4.89. The maximum absolute atomic E-state index is 6.01. The second-order valence-corrected chi connectivity index (χ2v) is 4.03. The van der Waals surface area contributed by atoms with Crippen molar-refractivity contribution in [1.82, 2.24) is 10.1 Å². The fourth-order valence-electron chi connectivity index (χ4n) is 1.47. The fourth-order valence-corrected chi connectivity index (χ4v) is 1.47. The van der Waals surface area contributed by atoms with E-state index in [1.165, 1.54) is 0 Å². The lowest BCUT2D eigenvalue weighted by atomic mass is 10.0. The molecule has 5 nitrogen and oxygen atoms in total. The molecule has 0 aliphatic carbocycles. The summed E-state index contributed by atoms with van der Waals surface area (Å²) in [6.45, 7) is 6.17. The van der Waals surface area contributed by atoms with Gasteiger partial charge in [0.2, 0.25) is 11.7 Å². The molecule has 2 N–H and O–H groups in total. The van der Waals surface area contributed by atoms with Gasteiger partial charge in [-0.15, -0.1) is 0 Å². The molecule has 0 saturated carbocycles. The molecular weight excluding hydrogens is 206 g/mol. The number of aromatic nitrogens is 2. The van der Waals surface area contributed by atoms with E-state index in [1.807, 2.05) is 6.92 Å². The minimum Gasteiger partial charge on any atom is -0.373 e. The summed E-state index contributed by atoms with van der Waals surface area (Å²) in [6, 6.07) is -0.194. The van der Waals surface area contributed by atoms with Crippen LogP contribution in [0.4, 0.5) is 0 Å². The molecule has 0 aliphatic rings. The van der Waals surface area contributed by atoms with Gasteiger partial charge < -0.3 is 15.0 Å². The predicted octanol–water partition coefficient (Wildman–Crippen LogP) is 2.21. The van der Waals surface area contributed by atoms with Crippen LogP contribution in [-0.2, 0) is 4.74 Å². The van der Waals surface area contributed by atoms with Crippen molar-refractivity contribution >= 4 is 0 Å². The molecule has 5 heteroatoms. The predicted molar refractivity (Wildman–Crippen MR) is 60.7 cm³/mol. The molecule has 0 spiro atoms. The van der Waals surface area contributed by atoms with Gasteiger partial charge in [0.05, 0.1) is 6.04 Å². The minimum atomic E-state index is -0.194. The first-order valence-electron chi connectivity index (χ1n) is 5.75. The number of rotatable bonds is 6. The Labute approximate surface area is 96.4 Å². The quantitative estimate of drug-likeness (QED) is 0.806. The summed E-state index contributed by atoms with van der Waals surface area (Å²) >= 11 is 0. The first-order valence-corrected chi connectivity index (χ1v) is 5.75. The van der Waals surface area contributed by atoms with E-state index in [2.05, 4.69) is 24.0 Å². The van der Waals surface area contributed by atoms with E-state index in [0.717, 1.165) is 12.8 Å². The lowest BCUT2D eigenvalue weighted by Crippen LogP contribution is -2.19. The smallest absolute Gasteiger partial charge is 0.243 e. The lowest BCUT2D eigenvalue weighted by molar-refractivity contribution is 0.0903. The van der Waals surface area contributed by atoms with Gasteiger partial charge in [-0.3, -0.25) is 0 Å². The van der Waals surface area contributed by atoms with Crippen LogP contribution in [0.2, 0.25) is 0 Å². The zero-order valence-electron chi connectivity index (χ0n) is 10.4. The molecule has 0 radical (unpaired) electrons. The Balaban J connectivity index is 2.77. The van der Waals surface area contributed by atoms with Crippen molar-refractivity contribution < 1.29 is 9.26 Å². The van der Waals surface area contributed by atoms with E-state index in [-0.39, 0.29) is 12.1 Å². The van der Waals surface area contributed by atoms with Crippen molar-refractivity contribution in [3.05, 3.63) is 11.7 Å². The molecule has 2 unspecified atom stereocenters. The first-order chi connectivity index (χ1) is 7.63. The highest BCUT2D eigenvalue weighted by atomic mass is 16.5. The van der Waals surface area contributed by atoms with Crippen LogP contribution in [0.15, 0.2) is 4.52 Å². The van der Waals surface area contributed by atoms with Crippen molar-refractivity contribution in [3.63, 3.8) is 0 Å². The van der Waals surface area contributed by atoms with Gasteiger partial charge >= 0.3 is 0 Å². The second kappa shape index (κ2) is 5.96. The molecule has 0 aromatic carbocycles. The zero-order valence-corrected chi connectivity index (χ0v) is 10.4. The summed E-state index contributed by atoms with van der Waals surface area (Å²) in [7, 11) is 1.64. The third kappa shape index (κ3) is 2.80. The van der Waals surface area contributed by atoms with Crippen LogP contribution in [0, 0.1) is 5.92 Å². The van der Waals surface area contributed by atoms with Crippen molar-refractivity contribution in [1.29, 1.82) is 0 Å². The van der Waals surface area contributed by atoms with Crippen LogP contribution in [0.25, 0.3) is 0 Å². The Morgan fingerprint density at radius 3 is 2.56 bits per heavy atom. The van der Waals surface area contributed by atoms with Crippen LogP contribution in [0.1, 0.15) is 57.5 Å². The number of nitrogens with two attached hydrogens (primary N) is 1. The lowest BCUT2D eigenvalue weighted by Gasteiger charge is -2.13. The standard InChI is InChI=1S/C11H21N3O2/c1-5-7(3)9(12)11-13-10(14-16-11)8(6-2)15-4/h7-9H,5-6,12H2,1-4H3/t7?,8?,9-/m0/s1. The molecule has 0 aliphatic heterocycles. The van der Waals surface area contributed by atoms with Gasteiger partial charge in [0.15, 0.2) is 0 Å². The maximum atomic E-state index is 6.01. The third-order valence-electron chi connectivity index (χ3n) is 2.94. The van der Waals surface area contributed by atoms with Gasteiger partial charge in [-0.2, -0.15) is 4.98 Å². The van der Waals surface area contributed by atoms with Gasteiger partial charge in [0.25, 0.3) is 0 Å². The molecule has 0 bridgehead atoms. The highest BCUT2D eigenvalue weighted by Gasteiger charge is 2.22. The molecule has 0 saturated heterocycles. The SMILES string of the molecule is CCC(OC)c1noc([C@@H](N)C(C)CC)n1. The molecule has 1 aromatic heterocycles. The normalized spacial score (nSPS) is 17.1. The van der Waals surface area contributed by atoms with Crippen LogP contribution in [-0.4, -0.2) is 17.3 Å². The zero-order chi connectivity index (χ0) is 12.1. The highest BCUT2D eigenvalue weighted by molar-refractivity contribution is 4.96. The molecule has 1 aromatic rings. The molecule has 1 rings (SSSR count). The highest BCUT2D eigenvalue weighted by Crippen LogP contribution is 2.23. The van der Waals surface area contributed by atoms with Gasteiger partial charge in [0.1, 0.15) is 6.10 Å². The Morgan fingerprint density at radius 2 is 2.06 bits per heavy atom. The number of ether oxygens (including phenoxy) is 1. The van der Waals surface area contributed by atoms with E-state index >= 15 is 0 Å². The third-order valence-corrected chi connectivity index (χ3v) is 2.94. The van der Waals surface area contributed by atoms with Crippen molar-refractivity contribution in [2.45, 2.75) is 45.8 Å². The van der Waals surface area contributed by atoms with Crippen molar-refractivity contribution in [2.24, 2.45) is 11.7 Å². The summed E-state index contributed by atoms with van der Waals surface area (Å²) < 4.78 is 10.4. The number of hydrogen-bond donors (Lipinski definition) is 1. The summed E-state index contributed by atoms with van der Waals surface area (Å²) in [5.74, 6) is 1.41. The van der Waals surface area contributed by atoms with Crippen molar-refractivity contribution in [2.75, 3.05) is 7.11 Å². The average Bonchev–Trinajstić information content (AvgIpc) is 2.78. The first kappa shape index (κ1) is 13.1. The van der Waals surface area contributed by atoms with E-state index in [4.69, 9.17) is 15.0 Å². The van der Waals surface area contributed by atoms with E-state index in [1.54, 1.807) is 7.11 Å². The fraction of sp³-hybridized carbons (Fsp3) is 0.818. The summed E-state index contributed by atoms with van der Waals surface area (Å²) in [5, 5.41) is 3.90. The molecule has 1 heterocycles. The summed E-state index contributed by atoms with van der Waals surface area (Å²) in [5.41, 5.74) is 6.01. The number of nitrogens with zero attached hydrogens (tertiary/aromatic N) is 2. The summed E-state index contributed by atoms with van der Waals surface area (Å²) in [4.78, 5) is 4.29. The number of hydrogen-bond acceptors (Lipinski definition) is 5. The molecule has 0 amide bonds. The van der Waals surface area contributed by atoms with E-state index in [9.17, 15) is 0 Å². The molecule has 92 valence electrons. The monoisotopic (exact) mass is 227 g/mol. The van der Waals surface area contributed by atoms with Gasteiger partial charge in [-0.1, -0.05) is 32.3 Å². The van der Waals surface area contributed by atoms with Crippen LogP contribution in [0.3, 0.4) is 0 Å². The van der Waals surface area contributed by atoms with Crippen LogP contribution >= 0.6 is 0 Å². The molecule has 0 fully saturated rings. The molecule has 3 atom stereocenters. The maximum Gasteiger partial charge on any atom is 0.243 e. The van der Waals surface area contributed by atoms with Gasteiger partial charge in [-0.05, 0) is 12.3 Å². The van der Waals surface area contributed by atoms with E-state index in [0.29, 0.717) is 17.6 Å². The topological polar surface area (TPSA) is 74.2 Å². The van der Waals surface area contributed by atoms with E-state index < -0.39 is 0 Å². The van der Waals surface area contributed by atoms with Crippen LogP contribution < -0.4 is 5.73 Å². The minimum absolute atomic E-state index is 0.110. The molecular formula is C11H21N3O2. The second-order valence-electron chi connectivity index (χ2n) is 4.03. The Bertz CT molecular complexity index is 310.